The molecule has 0 fully saturated rings. The van der Waals surface area contributed by atoms with Crippen molar-refractivity contribution < 1.29 is 28.5 Å². The van der Waals surface area contributed by atoms with E-state index in [4.69, 9.17) is 30.5 Å². The highest BCUT2D eigenvalue weighted by atomic mass is 35.5. The number of hydrogen-bond donors (Lipinski definition) is 1. The van der Waals surface area contributed by atoms with Crippen LogP contribution < -0.4 is 19.5 Å². The number of nitrogens with one attached hydrogen (secondary N) is 1. The van der Waals surface area contributed by atoms with Crippen LogP contribution in [0.4, 0.5) is 5.69 Å². The molecule has 0 aromatic heterocycles. The van der Waals surface area contributed by atoms with E-state index in [1.54, 1.807) is 36.4 Å². The van der Waals surface area contributed by atoms with E-state index in [2.05, 4.69) is 5.32 Å². The second kappa shape index (κ2) is 9.68. The number of methoxy groups -OCH3 is 2. The molecule has 0 aliphatic carbocycles. The maximum atomic E-state index is 12.3. The molecule has 27 heavy (non-hydrogen) atoms. The topological polar surface area (TPSA) is 83.1 Å². The molecule has 0 spiro atoms. The number of para-hydroxylation sites is 2. The zero-order valence-corrected chi connectivity index (χ0v) is 15.9. The Labute approximate surface area is 162 Å². The molecule has 2 aromatic rings. The van der Waals surface area contributed by atoms with Crippen molar-refractivity contribution in [2.24, 2.45) is 0 Å². The Morgan fingerprint density at radius 2 is 1.70 bits per heavy atom. The van der Waals surface area contributed by atoms with Crippen LogP contribution in [-0.4, -0.2) is 38.8 Å². The lowest BCUT2D eigenvalue weighted by atomic mass is 10.2. The van der Waals surface area contributed by atoms with E-state index in [0.717, 1.165) is 0 Å². The highest BCUT2D eigenvalue weighted by Crippen LogP contribution is 2.28. The van der Waals surface area contributed by atoms with Crippen LogP contribution in [0.5, 0.6) is 17.2 Å². The number of carbonyl (C=O) groups excluding carboxylic acids is 2. The van der Waals surface area contributed by atoms with Gasteiger partial charge in [0.1, 0.15) is 5.75 Å². The normalized spacial score (nSPS) is 11.3. The van der Waals surface area contributed by atoms with Crippen LogP contribution in [0.25, 0.3) is 0 Å². The van der Waals surface area contributed by atoms with Gasteiger partial charge in [-0.3, -0.25) is 4.79 Å². The summed E-state index contributed by atoms with van der Waals surface area (Å²) in [5.41, 5.74) is 0.378. The van der Waals surface area contributed by atoms with Crippen molar-refractivity contribution in [2.45, 2.75) is 13.0 Å². The minimum atomic E-state index is -1.04. The molecule has 1 amide bonds. The Kier molecular flexibility index (Phi) is 7.31. The molecule has 0 aliphatic heterocycles. The third-order valence-corrected chi connectivity index (χ3v) is 3.75. The molecular weight excluding hydrogens is 374 g/mol. The van der Waals surface area contributed by atoms with Gasteiger partial charge < -0.3 is 24.3 Å². The SMILES string of the molecule is COc1ccc(Cl)cc1NC(=O)C(C)OC(=O)COc1ccccc1OC. The summed E-state index contributed by atoms with van der Waals surface area (Å²) in [6, 6.07) is 11.7. The van der Waals surface area contributed by atoms with E-state index in [1.165, 1.54) is 27.2 Å². The number of rotatable bonds is 8. The lowest BCUT2D eigenvalue weighted by molar-refractivity contribution is -0.155. The Balaban J connectivity index is 1.90. The molecule has 1 unspecified atom stereocenters. The summed E-state index contributed by atoms with van der Waals surface area (Å²) in [5.74, 6) is 0.107. The third-order valence-electron chi connectivity index (χ3n) is 3.51. The molecule has 7 nitrogen and oxygen atoms in total. The molecule has 1 N–H and O–H groups in total. The lowest BCUT2D eigenvalue weighted by Gasteiger charge is -2.16. The molecule has 144 valence electrons. The molecule has 8 heteroatoms. The molecule has 1 atom stereocenters. The Bertz CT molecular complexity index is 811. The second-order valence-corrected chi connectivity index (χ2v) is 5.84. The Morgan fingerprint density at radius 3 is 2.37 bits per heavy atom. The summed E-state index contributed by atoms with van der Waals surface area (Å²) in [6.07, 6.45) is -1.04. The predicted molar refractivity (Wildman–Crippen MR) is 101 cm³/mol. The quantitative estimate of drug-likeness (QED) is 0.693. The first-order chi connectivity index (χ1) is 12.9. The molecule has 2 rings (SSSR count). The van der Waals surface area contributed by atoms with E-state index in [9.17, 15) is 9.59 Å². The van der Waals surface area contributed by atoms with Crippen LogP contribution >= 0.6 is 11.6 Å². The zero-order chi connectivity index (χ0) is 19.8. The molecule has 0 aliphatic rings. The van der Waals surface area contributed by atoms with Crippen LogP contribution in [0.1, 0.15) is 6.92 Å². The molecular formula is C19H20ClNO6. The predicted octanol–water partition coefficient (Wildman–Crippen LogP) is 3.31. The molecule has 0 bridgehead atoms. The smallest absolute Gasteiger partial charge is 0.344 e. The van der Waals surface area contributed by atoms with E-state index >= 15 is 0 Å². The summed E-state index contributed by atoms with van der Waals surface area (Å²) in [5, 5.41) is 3.04. The largest absolute Gasteiger partial charge is 0.495 e. The van der Waals surface area contributed by atoms with E-state index in [-0.39, 0.29) is 6.61 Å². The minimum Gasteiger partial charge on any atom is -0.495 e. The van der Waals surface area contributed by atoms with Gasteiger partial charge in [0.25, 0.3) is 5.91 Å². The van der Waals surface area contributed by atoms with Gasteiger partial charge >= 0.3 is 5.97 Å². The third kappa shape index (κ3) is 5.79. The zero-order valence-electron chi connectivity index (χ0n) is 15.2. The summed E-state index contributed by atoms with van der Waals surface area (Å²) in [4.78, 5) is 24.2. The van der Waals surface area contributed by atoms with Gasteiger partial charge in [0.2, 0.25) is 0 Å². The van der Waals surface area contributed by atoms with Crippen LogP contribution in [0.2, 0.25) is 5.02 Å². The average Bonchev–Trinajstić information content (AvgIpc) is 2.66. The second-order valence-electron chi connectivity index (χ2n) is 5.41. The number of ether oxygens (including phenoxy) is 4. The Hall–Kier alpha value is -2.93. The number of benzene rings is 2. The molecule has 0 saturated heterocycles. The number of halogens is 1. The van der Waals surface area contributed by atoms with Gasteiger partial charge in [-0.05, 0) is 37.3 Å². The highest BCUT2D eigenvalue weighted by Gasteiger charge is 2.20. The van der Waals surface area contributed by atoms with Crippen LogP contribution in [0.3, 0.4) is 0 Å². The number of esters is 1. The van der Waals surface area contributed by atoms with E-state index < -0.39 is 18.0 Å². The van der Waals surface area contributed by atoms with Crippen molar-refractivity contribution in [1.29, 1.82) is 0 Å². The number of hydrogen-bond acceptors (Lipinski definition) is 6. The molecule has 2 aromatic carbocycles. The standard InChI is InChI=1S/C19H20ClNO6/c1-12(19(23)21-14-10-13(20)8-9-15(14)24-2)27-18(22)11-26-17-7-5-4-6-16(17)25-3/h4-10,12H,11H2,1-3H3,(H,21,23). The van der Waals surface area contributed by atoms with Crippen molar-refractivity contribution in [3.63, 3.8) is 0 Å². The number of carbonyl (C=O) groups is 2. The van der Waals surface area contributed by atoms with Crippen LogP contribution in [-0.2, 0) is 14.3 Å². The maximum absolute atomic E-state index is 12.3. The van der Waals surface area contributed by atoms with Gasteiger partial charge in [0, 0.05) is 5.02 Å². The fraction of sp³-hybridized carbons (Fsp3) is 0.263. The number of anilines is 1. The summed E-state index contributed by atoms with van der Waals surface area (Å²) in [7, 11) is 2.97. The molecule has 0 heterocycles. The molecule has 0 radical (unpaired) electrons. The monoisotopic (exact) mass is 393 g/mol. The van der Waals surface area contributed by atoms with Crippen molar-refractivity contribution in [2.75, 3.05) is 26.1 Å². The van der Waals surface area contributed by atoms with Crippen LogP contribution in [0, 0.1) is 0 Å². The van der Waals surface area contributed by atoms with Gasteiger partial charge in [-0.2, -0.15) is 0 Å². The van der Waals surface area contributed by atoms with E-state index in [1.807, 2.05) is 0 Å². The fourth-order valence-electron chi connectivity index (χ4n) is 2.17. The van der Waals surface area contributed by atoms with Gasteiger partial charge in [-0.25, -0.2) is 4.79 Å². The highest BCUT2D eigenvalue weighted by molar-refractivity contribution is 6.31. The summed E-state index contributed by atoms with van der Waals surface area (Å²) < 4.78 is 20.8. The lowest BCUT2D eigenvalue weighted by Crippen LogP contribution is -2.31. The van der Waals surface area contributed by atoms with Crippen LogP contribution in [0.15, 0.2) is 42.5 Å². The summed E-state index contributed by atoms with van der Waals surface area (Å²) >= 11 is 5.93. The van der Waals surface area contributed by atoms with Gasteiger partial charge in [-0.15, -0.1) is 0 Å². The maximum Gasteiger partial charge on any atom is 0.344 e. The minimum absolute atomic E-state index is 0.363. The fourth-order valence-corrected chi connectivity index (χ4v) is 2.34. The Morgan fingerprint density at radius 1 is 1.04 bits per heavy atom. The first kappa shape index (κ1) is 20.4. The van der Waals surface area contributed by atoms with Crippen molar-refractivity contribution >= 4 is 29.2 Å². The number of amides is 1. The van der Waals surface area contributed by atoms with Gasteiger partial charge in [0.05, 0.1) is 19.9 Å². The van der Waals surface area contributed by atoms with Crippen molar-refractivity contribution in [3.8, 4) is 17.2 Å². The van der Waals surface area contributed by atoms with Crippen molar-refractivity contribution in [3.05, 3.63) is 47.5 Å². The first-order valence-electron chi connectivity index (χ1n) is 8.04. The van der Waals surface area contributed by atoms with Gasteiger partial charge in [0.15, 0.2) is 24.2 Å². The summed E-state index contributed by atoms with van der Waals surface area (Å²) in [6.45, 7) is 1.09. The van der Waals surface area contributed by atoms with Crippen molar-refractivity contribution in [1.82, 2.24) is 0 Å². The van der Waals surface area contributed by atoms with E-state index in [0.29, 0.717) is 28.0 Å². The molecule has 0 saturated carbocycles. The van der Waals surface area contributed by atoms with Gasteiger partial charge in [-0.1, -0.05) is 23.7 Å². The average molecular weight is 394 g/mol. The first-order valence-corrected chi connectivity index (χ1v) is 8.42.